The molecule has 0 aromatic carbocycles. The minimum absolute atomic E-state index is 0.143. The lowest BCUT2D eigenvalue weighted by atomic mass is 9.54. The lowest BCUT2D eigenvalue weighted by Crippen LogP contribution is -2.55. The van der Waals surface area contributed by atoms with Gasteiger partial charge >= 0.3 is 5.97 Å². The van der Waals surface area contributed by atoms with E-state index in [9.17, 15) is 14.7 Å². The molecule has 0 aliphatic heterocycles. The number of nitrogens with zero attached hydrogens (tertiary/aromatic N) is 2. The van der Waals surface area contributed by atoms with Crippen LogP contribution in [0.5, 0.6) is 5.88 Å². The van der Waals surface area contributed by atoms with E-state index in [-0.39, 0.29) is 11.9 Å². The number of nitrogens with one attached hydrogen (secondary N) is 1. The van der Waals surface area contributed by atoms with Gasteiger partial charge < -0.3 is 15.2 Å². The highest BCUT2D eigenvalue weighted by molar-refractivity contribution is 5.96. The number of carboxylic acids is 1. The average molecular weight is 416 g/mol. The molecule has 1 amide bonds. The Bertz CT molecular complexity index is 814. The van der Waals surface area contributed by atoms with Gasteiger partial charge in [0.2, 0.25) is 5.88 Å². The maximum Gasteiger partial charge on any atom is 0.312 e. The monoisotopic (exact) mass is 415 g/mol. The second-order valence-electron chi connectivity index (χ2n) is 9.93. The second-order valence-corrected chi connectivity index (χ2v) is 9.93. The lowest BCUT2D eigenvalue weighted by Gasteiger charge is -2.54. The quantitative estimate of drug-likeness (QED) is 0.673. The second kappa shape index (κ2) is 8.08. The summed E-state index contributed by atoms with van der Waals surface area (Å²) in [6, 6.07) is 0.245. The van der Waals surface area contributed by atoms with Crippen molar-refractivity contribution in [3.8, 4) is 5.88 Å². The molecular weight excluding hydrogens is 382 g/mol. The van der Waals surface area contributed by atoms with Gasteiger partial charge in [0.15, 0.2) is 0 Å². The van der Waals surface area contributed by atoms with E-state index in [1.54, 1.807) is 26.1 Å². The first-order valence-electron chi connectivity index (χ1n) is 11.2. The molecule has 30 heavy (non-hydrogen) atoms. The van der Waals surface area contributed by atoms with Gasteiger partial charge in [0.1, 0.15) is 5.56 Å². The zero-order valence-corrected chi connectivity index (χ0v) is 18.1. The van der Waals surface area contributed by atoms with Crippen molar-refractivity contribution >= 4 is 18.1 Å². The number of carbonyl (C=O) groups excluding carboxylic acids is 1. The Balaban J connectivity index is 1.53. The Morgan fingerprint density at radius 2 is 1.87 bits per heavy atom. The maximum absolute atomic E-state index is 13.2. The topological polar surface area (TPSA) is 93.5 Å². The highest BCUT2D eigenvalue weighted by Gasteiger charge is 2.48. The number of hydrogen-bond donors (Lipinski definition) is 2. The van der Waals surface area contributed by atoms with Gasteiger partial charge in [-0.3, -0.25) is 9.59 Å². The van der Waals surface area contributed by atoms with Crippen molar-refractivity contribution in [3.63, 3.8) is 0 Å². The Morgan fingerprint density at radius 1 is 1.23 bits per heavy atom. The zero-order chi connectivity index (χ0) is 21.5. The molecule has 4 bridgehead atoms. The van der Waals surface area contributed by atoms with E-state index in [0.717, 1.165) is 18.3 Å². The molecule has 0 saturated heterocycles. The number of aliphatic carboxylic acids is 1. The largest absolute Gasteiger partial charge is 0.481 e. The molecule has 0 atom stereocenters. The number of hydrogen-bond acceptors (Lipinski definition) is 4. The first-order chi connectivity index (χ1) is 14.3. The molecule has 2 N–H and O–H groups in total. The van der Waals surface area contributed by atoms with Gasteiger partial charge in [0.05, 0.1) is 18.2 Å². The predicted octanol–water partition coefficient (Wildman–Crippen LogP) is 3.81. The number of rotatable bonds is 8. The summed E-state index contributed by atoms with van der Waals surface area (Å²) in [5.74, 6) is 2.20. The molecule has 4 aliphatic rings. The summed E-state index contributed by atoms with van der Waals surface area (Å²) >= 11 is 0. The van der Waals surface area contributed by atoms with E-state index in [2.05, 4.69) is 10.4 Å². The van der Waals surface area contributed by atoms with Crippen molar-refractivity contribution in [1.29, 1.82) is 0 Å². The molecule has 0 radical (unpaired) electrons. The molecule has 1 aromatic heterocycles. The van der Waals surface area contributed by atoms with Crippen LogP contribution in [0.25, 0.3) is 6.20 Å². The molecule has 4 saturated carbocycles. The highest BCUT2D eigenvalue weighted by Crippen LogP contribution is 2.53. The van der Waals surface area contributed by atoms with E-state index in [0.29, 0.717) is 29.9 Å². The Morgan fingerprint density at radius 3 is 2.43 bits per heavy atom. The fraction of sp³-hybridized carbons (Fsp3) is 0.696. The zero-order valence-electron chi connectivity index (χ0n) is 18.1. The molecule has 5 rings (SSSR count). The van der Waals surface area contributed by atoms with Gasteiger partial charge in [0, 0.05) is 12.2 Å². The van der Waals surface area contributed by atoms with Gasteiger partial charge in [-0.1, -0.05) is 6.92 Å². The van der Waals surface area contributed by atoms with Crippen LogP contribution in [0.4, 0.5) is 0 Å². The first kappa shape index (κ1) is 20.9. The minimum Gasteiger partial charge on any atom is -0.481 e. The van der Waals surface area contributed by atoms with Crippen LogP contribution in [0.1, 0.15) is 69.7 Å². The summed E-state index contributed by atoms with van der Waals surface area (Å²) in [5.41, 5.74) is -0.633. The minimum atomic E-state index is -1.04. The summed E-state index contributed by atoms with van der Waals surface area (Å²) in [5, 5.41) is 16.9. The number of carboxylic acid groups (broad SMARTS) is 1. The van der Waals surface area contributed by atoms with Gasteiger partial charge in [0.25, 0.3) is 5.91 Å². The molecule has 0 unspecified atom stereocenters. The summed E-state index contributed by atoms with van der Waals surface area (Å²) in [6.07, 6.45) is 11.8. The fourth-order valence-corrected chi connectivity index (χ4v) is 5.67. The Kier molecular flexibility index (Phi) is 5.64. The molecule has 7 heteroatoms. The van der Waals surface area contributed by atoms with Crippen LogP contribution >= 0.6 is 0 Å². The van der Waals surface area contributed by atoms with Crippen molar-refractivity contribution in [2.75, 3.05) is 6.61 Å². The number of aromatic nitrogens is 2. The van der Waals surface area contributed by atoms with Crippen LogP contribution in [0.2, 0.25) is 0 Å². The number of carbonyl (C=O) groups is 2. The van der Waals surface area contributed by atoms with Crippen molar-refractivity contribution in [2.45, 2.75) is 65.3 Å². The third-order valence-electron chi connectivity index (χ3n) is 7.15. The Hall–Kier alpha value is -2.31. The van der Waals surface area contributed by atoms with Crippen LogP contribution in [0.3, 0.4) is 0 Å². The summed E-state index contributed by atoms with van der Waals surface area (Å²) in [7, 11) is 0. The smallest absolute Gasteiger partial charge is 0.312 e. The van der Waals surface area contributed by atoms with Gasteiger partial charge in [-0.25, -0.2) is 4.68 Å². The van der Waals surface area contributed by atoms with Crippen molar-refractivity contribution in [3.05, 3.63) is 17.8 Å². The van der Waals surface area contributed by atoms with Crippen molar-refractivity contribution in [1.82, 2.24) is 15.1 Å². The molecule has 164 valence electrons. The van der Waals surface area contributed by atoms with Crippen LogP contribution in [0.15, 0.2) is 12.3 Å². The summed E-state index contributed by atoms with van der Waals surface area (Å²) < 4.78 is 7.32. The van der Waals surface area contributed by atoms with Crippen molar-refractivity contribution < 1.29 is 19.4 Å². The van der Waals surface area contributed by atoms with Crippen molar-refractivity contribution in [2.24, 2.45) is 29.1 Å². The third-order valence-corrected chi connectivity index (χ3v) is 7.15. The molecule has 4 aliphatic carbocycles. The average Bonchev–Trinajstić information content (AvgIpc) is 3.09. The highest BCUT2D eigenvalue weighted by atomic mass is 16.5. The molecule has 7 nitrogen and oxygen atoms in total. The van der Waals surface area contributed by atoms with Gasteiger partial charge in [-0.2, -0.15) is 5.10 Å². The number of amides is 1. The van der Waals surface area contributed by atoms with E-state index >= 15 is 0 Å². The van der Waals surface area contributed by atoms with E-state index in [1.807, 2.05) is 6.92 Å². The number of ether oxygens (including phenoxy) is 1. The normalized spacial score (nSPS) is 30.0. The van der Waals surface area contributed by atoms with Crippen LogP contribution in [-0.4, -0.2) is 39.4 Å². The molecule has 1 heterocycles. The van der Waals surface area contributed by atoms with Gasteiger partial charge in [-0.05, 0) is 82.1 Å². The molecule has 4 fully saturated rings. The maximum atomic E-state index is 13.2. The molecular formula is C23H33N3O4. The van der Waals surface area contributed by atoms with Crippen LogP contribution < -0.4 is 10.1 Å². The molecule has 1 aromatic rings. The summed E-state index contributed by atoms with van der Waals surface area (Å²) in [6.45, 7) is 5.68. The van der Waals surface area contributed by atoms with E-state index in [1.165, 1.54) is 43.0 Å². The lowest BCUT2D eigenvalue weighted by molar-refractivity contribution is -0.144. The first-order valence-corrected chi connectivity index (χ1v) is 11.2. The van der Waals surface area contributed by atoms with Gasteiger partial charge in [-0.15, -0.1) is 0 Å². The van der Waals surface area contributed by atoms with E-state index in [4.69, 9.17) is 4.74 Å². The predicted molar refractivity (Wildman–Crippen MR) is 113 cm³/mol. The molecule has 0 spiro atoms. The fourth-order valence-electron chi connectivity index (χ4n) is 5.67. The summed E-state index contributed by atoms with van der Waals surface area (Å²) in [4.78, 5) is 24.6. The van der Waals surface area contributed by atoms with Crippen LogP contribution in [0, 0.1) is 29.1 Å². The van der Waals surface area contributed by atoms with E-state index < -0.39 is 11.4 Å². The SMILES string of the molecule is CCCOc1c(C(=O)NC2C3CC4CC(C3)CC2C4)cnn1C=CC(C)(C)C(=O)O. The standard InChI is InChI=1S/C23H33N3O4/c1-4-7-30-21-18(13-24-26(21)6-5-23(2,3)22(28)29)20(27)25-19-16-9-14-8-15(11-16)12-17(19)10-14/h5-6,13-17,19H,4,7-12H2,1-3H3,(H,25,27)(H,28,29). The van der Waals surface area contributed by atoms with Crippen LogP contribution in [-0.2, 0) is 4.79 Å². The third kappa shape index (κ3) is 3.98. The Labute approximate surface area is 177 Å².